The molecule has 0 spiro atoms. The molecule has 5 heteroatoms. The minimum Gasteiger partial charge on any atom is -0.388 e. The highest BCUT2D eigenvalue weighted by Gasteiger charge is 2.70. The van der Waals surface area contributed by atoms with Crippen LogP contribution in [-0.4, -0.2) is 20.2 Å². The van der Waals surface area contributed by atoms with Crippen LogP contribution >= 0.6 is 7.14 Å². The van der Waals surface area contributed by atoms with Crippen LogP contribution in [0.5, 0.6) is 0 Å². The summed E-state index contributed by atoms with van der Waals surface area (Å²) in [6.07, 6.45) is 4.37. The Balaban J connectivity index is 1.39. The zero-order valence-electron chi connectivity index (χ0n) is 20.3. The predicted octanol–water partition coefficient (Wildman–Crippen LogP) is 5.88. The van der Waals surface area contributed by atoms with Gasteiger partial charge in [0.2, 0.25) is 0 Å². The molecule has 5 rings (SSSR count). The average molecular weight is 505 g/mol. The third kappa shape index (κ3) is 4.00. The largest absolute Gasteiger partial charge is 0.388 e. The molecule has 0 aliphatic heterocycles. The van der Waals surface area contributed by atoms with E-state index in [1.54, 1.807) is 0 Å². The molecule has 3 aromatic carbocycles. The van der Waals surface area contributed by atoms with Gasteiger partial charge in [0.25, 0.3) is 0 Å². The highest BCUT2D eigenvalue weighted by atomic mass is 32.2. The van der Waals surface area contributed by atoms with Crippen LogP contribution < -0.4 is 10.6 Å². The van der Waals surface area contributed by atoms with Crippen LogP contribution in [0, 0.1) is 17.3 Å². The summed E-state index contributed by atoms with van der Waals surface area (Å²) < 4.78 is 27.6. The molecule has 2 aliphatic carbocycles. The van der Waals surface area contributed by atoms with E-state index in [2.05, 4.69) is 19.9 Å². The Bertz CT molecular complexity index is 1230. The van der Waals surface area contributed by atoms with E-state index in [0.29, 0.717) is 6.42 Å². The molecule has 35 heavy (non-hydrogen) atoms. The van der Waals surface area contributed by atoms with E-state index >= 15 is 0 Å². The second-order valence-corrected chi connectivity index (χ2v) is 14.6. The van der Waals surface area contributed by atoms with Crippen molar-refractivity contribution in [2.45, 2.75) is 48.9 Å². The van der Waals surface area contributed by atoms with E-state index in [1.807, 2.05) is 96.8 Å². The lowest BCUT2D eigenvalue weighted by molar-refractivity contribution is -0.148. The first-order chi connectivity index (χ1) is 16.8. The summed E-state index contributed by atoms with van der Waals surface area (Å²) in [7, 11) is -4.16. The number of benzene rings is 3. The molecule has 182 valence electrons. The van der Waals surface area contributed by atoms with Gasteiger partial charge in [0, 0.05) is 20.9 Å². The zero-order chi connectivity index (χ0) is 24.7. The van der Waals surface area contributed by atoms with Gasteiger partial charge in [-0.05, 0) is 49.0 Å². The Morgan fingerprint density at radius 2 is 1.46 bits per heavy atom. The number of hydrogen-bond donors (Lipinski definition) is 1. The van der Waals surface area contributed by atoms with E-state index in [1.165, 1.54) is 0 Å². The molecule has 3 nitrogen and oxygen atoms in total. The fraction of sp³-hybridized carbons (Fsp3) is 0.333. The first-order valence-corrected chi connectivity index (χ1v) is 15.4. The topological polar surface area (TPSA) is 54.4 Å². The maximum absolute atomic E-state index is 14.4. The monoisotopic (exact) mass is 504 g/mol. The molecule has 0 bridgehead atoms. The quantitative estimate of drug-likeness (QED) is 0.409. The lowest BCUT2D eigenvalue weighted by atomic mass is 9.54. The van der Waals surface area contributed by atoms with Gasteiger partial charge in [-0.2, -0.15) is 0 Å². The Labute approximate surface area is 211 Å². The highest BCUT2D eigenvalue weighted by molar-refractivity contribution is 7.85. The fourth-order valence-corrected chi connectivity index (χ4v) is 10.8. The Morgan fingerprint density at radius 1 is 0.943 bits per heavy atom. The zero-order valence-corrected chi connectivity index (χ0v) is 22.0. The molecule has 0 saturated heterocycles. The van der Waals surface area contributed by atoms with Gasteiger partial charge in [0.1, 0.15) is 0 Å². The van der Waals surface area contributed by atoms with Gasteiger partial charge in [0.05, 0.1) is 21.7 Å². The number of allylic oxidation sites excluding steroid dienone is 1. The summed E-state index contributed by atoms with van der Waals surface area (Å²) in [6.45, 7) is 4.32. The van der Waals surface area contributed by atoms with Crippen molar-refractivity contribution in [2.24, 2.45) is 17.3 Å². The standard InChI is InChI=1S/C30H33O3PS/c1-23(19-21-34(32,24-12-6-3-7-13-24)25-14-8-4-9-15-25)27-18-20-30(31)28(22-29(27,30)2)35(33)26-16-10-5-11-17-26/h3-17,19,21,23,27-28,31H,18,20,22H2,1-2H3/b21-19+/t23-,27-,28+,29-,30+,35?/m1/s1. The highest BCUT2D eigenvalue weighted by Crippen LogP contribution is 2.66. The first-order valence-electron chi connectivity index (χ1n) is 12.4. The molecular formula is C30H33O3PS. The number of hydrogen-bond acceptors (Lipinski definition) is 3. The van der Waals surface area contributed by atoms with Crippen molar-refractivity contribution in [1.82, 2.24) is 0 Å². The molecule has 3 aromatic rings. The maximum Gasteiger partial charge on any atom is 0.163 e. The fourth-order valence-electron chi connectivity index (χ4n) is 6.41. The van der Waals surface area contributed by atoms with Crippen LogP contribution in [0.3, 0.4) is 0 Å². The molecule has 2 saturated carbocycles. The van der Waals surface area contributed by atoms with Crippen LogP contribution in [0.2, 0.25) is 0 Å². The minimum absolute atomic E-state index is 0.140. The Morgan fingerprint density at radius 3 is 2.00 bits per heavy atom. The first kappa shape index (κ1) is 24.4. The molecule has 0 heterocycles. The summed E-state index contributed by atoms with van der Waals surface area (Å²) in [4.78, 5) is 0.788. The summed E-state index contributed by atoms with van der Waals surface area (Å²) in [6, 6.07) is 28.9. The van der Waals surface area contributed by atoms with Crippen LogP contribution in [-0.2, 0) is 15.4 Å². The summed E-state index contributed by atoms with van der Waals surface area (Å²) in [5.41, 5.74) is -1.22. The van der Waals surface area contributed by atoms with Crippen LogP contribution in [0.25, 0.3) is 0 Å². The molecule has 0 amide bonds. The van der Waals surface area contributed by atoms with Gasteiger partial charge in [-0.3, -0.25) is 4.21 Å². The SMILES string of the molecule is C[C@H](/C=C/P(=O)(c1ccccc1)c1ccccc1)[C@H]1CC[C@]2(O)[C@@H](S(=O)c3ccccc3)C[C@]12C. The van der Waals surface area contributed by atoms with Gasteiger partial charge in [-0.1, -0.05) is 98.8 Å². The van der Waals surface area contributed by atoms with Crippen molar-refractivity contribution in [3.05, 3.63) is 103 Å². The van der Waals surface area contributed by atoms with Crippen molar-refractivity contribution in [3.63, 3.8) is 0 Å². The molecule has 6 atom stereocenters. The summed E-state index contributed by atoms with van der Waals surface area (Å²) >= 11 is 0. The Kier molecular flexibility index (Phi) is 6.50. The van der Waals surface area contributed by atoms with E-state index in [-0.39, 0.29) is 22.5 Å². The third-order valence-electron chi connectivity index (χ3n) is 8.53. The molecule has 2 aliphatic rings. The van der Waals surface area contributed by atoms with E-state index in [0.717, 1.165) is 28.3 Å². The van der Waals surface area contributed by atoms with Crippen molar-refractivity contribution in [3.8, 4) is 0 Å². The smallest absolute Gasteiger partial charge is 0.163 e. The summed E-state index contributed by atoms with van der Waals surface area (Å²) in [5.74, 6) is 2.30. The Hall–Kier alpha value is -2.26. The molecular weight excluding hydrogens is 471 g/mol. The third-order valence-corrected chi connectivity index (χ3v) is 13.1. The van der Waals surface area contributed by atoms with Crippen molar-refractivity contribution >= 4 is 28.6 Å². The second kappa shape index (κ2) is 9.32. The molecule has 0 aromatic heterocycles. The maximum atomic E-state index is 14.4. The van der Waals surface area contributed by atoms with E-state index in [4.69, 9.17) is 0 Å². The average Bonchev–Trinajstić information content (AvgIpc) is 3.10. The molecule has 1 N–H and O–H groups in total. The van der Waals surface area contributed by atoms with Crippen molar-refractivity contribution < 1.29 is 13.9 Å². The lowest BCUT2D eigenvalue weighted by Crippen LogP contribution is -2.66. The molecule has 0 radical (unpaired) electrons. The van der Waals surface area contributed by atoms with Crippen LogP contribution in [0.1, 0.15) is 33.1 Å². The van der Waals surface area contributed by atoms with Gasteiger partial charge < -0.3 is 9.67 Å². The van der Waals surface area contributed by atoms with Crippen molar-refractivity contribution in [1.29, 1.82) is 0 Å². The molecule has 2 fully saturated rings. The van der Waals surface area contributed by atoms with Crippen LogP contribution in [0.15, 0.2) is 108 Å². The van der Waals surface area contributed by atoms with Gasteiger partial charge >= 0.3 is 0 Å². The molecule has 1 unspecified atom stereocenters. The number of aliphatic hydroxyl groups is 1. The van der Waals surface area contributed by atoms with E-state index < -0.39 is 23.5 Å². The van der Waals surface area contributed by atoms with E-state index in [9.17, 15) is 13.9 Å². The van der Waals surface area contributed by atoms with Crippen molar-refractivity contribution in [2.75, 3.05) is 0 Å². The van der Waals surface area contributed by atoms with Gasteiger partial charge in [-0.15, -0.1) is 0 Å². The summed E-state index contributed by atoms with van der Waals surface area (Å²) in [5, 5.41) is 13.1. The normalized spacial score (nSPS) is 29.9. The number of fused-ring (bicyclic) bond motifs is 1. The van der Waals surface area contributed by atoms with Gasteiger partial charge in [0.15, 0.2) is 7.14 Å². The predicted molar refractivity (Wildman–Crippen MR) is 145 cm³/mol. The lowest BCUT2D eigenvalue weighted by Gasteiger charge is -2.58. The van der Waals surface area contributed by atoms with Crippen LogP contribution in [0.4, 0.5) is 0 Å². The minimum atomic E-state index is -2.93. The number of rotatable bonds is 7. The van der Waals surface area contributed by atoms with Gasteiger partial charge in [-0.25, -0.2) is 0 Å². The second-order valence-electron chi connectivity index (χ2n) is 10.3.